The lowest BCUT2D eigenvalue weighted by molar-refractivity contribution is 0.0667. The van der Waals surface area contributed by atoms with Gasteiger partial charge in [-0.2, -0.15) is 0 Å². The predicted molar refractivity (Wildman–Crippen MR) is 60.9 cm³/mol. The molecule has 1 heterocycles. The number of carboxylic acid groups (broad SMARTS) is 1. The number of aromatic carboxylic acids is 1. The van der Waals surface area contributed by atoms with E-state index in [0.717, 1.165) is 0 Å². The van der Waals surface area contributed by atoms with Crippen LogP contribution in [-0.4, -0.2) is 35.9 Å². The van der Waals surface area contributed by atoms with Gasteiger partial charge in [-0.3, -0.25) is 0 Å². The number of carboxylic acids is 1. The Hall–Kier alpha value is -1.14. The molecule has 1 unspecified atom stereocenters. The molecule has 0 saturated carbocycles. The molecule has 5 nitrogen and oxygen atoms in total. The summed E-state index contributed by atoms with van der Waals surface area (Å²) in [5, 5.41) is 8.96. The Bertz CT molecular complexity index is 383. The van der Waals surface area contributed by atoms with E-state index in [1.807, 2.05) is 0 Å². The summed E-state index contributed by atoms with van der Waals surface area (Å²) in [4.78, 5) is 14.9. The maximum absolute atomic E-state index is 10.9. The zero-order chi connectivity index (χ0) is 12.1. The van der Waals surface area contributed by atoms with Crippen molar-refractivity contribution in [3.05, 3.63) is 22.3 Å². The second-order valence-corrected chi connectivity index (χ2v) is 4.11. The lowest BCUT2D eigenvalue weighted by atomic mass is 10.3. The molecule has 16 heavy (non-hydrogen) atoms. The van der Waals surface area contributed by atoms with Gasteiger partial charge < -0.3 is 14.6 Å². The van der Waals surface area contributed by atoms with E-state index >= 15 is 0 Å². The van der Waals surface area contributed by atoms with Gasteiger partial charge in [0.05, 0.1) is 6.61 Å². The molecule has 0 aliphatic heterocycles. The standard InChI is InChI=1S/C10H12BrNO4/c1-6(5-15-2)16-9-8(10(13)14)3-7(11)4-12-9/h3-4,6H,5H2,1-2H3,(H,13,14). The van der Waals surface area contributed by atoms with Crippen molar-refractivity contribution in [3.8, 4) is 5.88 Å². The van der Waals surface area contributed by atoms with Crippen molar-refractivity contribution in [1.29, 1.82) is 0 Å². The van der Waals surface area contributed by atoms with Crippen molar-refractivity contribution in [2.45, 2.75) is 13.0 Å². The SMILES string of the molecule is COCC(C)Oc1ncc(Br)cc1C(=O)O. The molecular weight excluding hydrogens is 278 g/mol. The van der Waals surface area contributed by atoms with Gasteiger partial charge >= 0.3 is 5.97 Å². The van der Waals surface area contributed by atoms with E-state index in [4.69, 9.17) is 14.6 Å². The minimum Gasteiger partial charge on any atom is -0.477 e. The quantitative estimate of drug-likeness (QED) is 0.897. The number of hydrogen-bond donors (Lipinski definition) is 1. The van der Waals surface area contributed by atoms with Gasteiger partial charge in [-0.05, 0) is 28.9 Å². The molecule has 1 atom stereocenters. The van der Waals surface area contributed by atoms with Gasteiger partial charge in [0.25, 0.3) is 0 Å². The number of pyridine rings is 1. The van der Waals surface area contributed by atoms with Crippen LogP contribution in [0.1, 0.15) is 17.3 Å². The van der Waals surface area contributed by atoms with E-state index in [9.17, 15) is 4.79 Å². The first-order valence-electron chi connectivity index (χ1n) is 4.59. The first-order valence-corrected chi connectivity index (χ1v) is 5.38. The van der Waals surface area contributed by atoms with Gasteiger partial charge in [0.15, 0.2) is 0 Å². The molecule has 1 N–H and O–H groups in total. The Labute approximate surface area is 102 Å². The summed E-state index contributed by atoms with van der Waals surface area (Å²) in [7, 11) is 1.55. The van der Waals surface area contributed by atoms with E-state index < -0.39 is 5.97 Å². The van der Waals surface area contributed by atoms with Crippen LogP contribution in [0, 0.1) is 0 Å². The number of methoxy groups -OCH3 is 1. The van der Waals surface area contributed by atoms with Crippen molar-refractivity contribution in [2.24, 2.45) is 0 Å². The molecule has 0 radical (unpaired) electrons. The van der Waals surface area contributed by atoms with Crippen molar-refractivity contribution in [2.75, 3.05) is 13.7 Å². The van der Waals surface area contributed by atoms with E-state index in [2.05, 4.69) is 20.9 Å². The average molecular weight is 290 g/mol. The van der Waals surface area contributed by atoms with Crippen LogP contribution in [0.5, 0.6) is 5.88 Å². The third-order valence-electron chi connectivity index (χ3n) is 1.76. The van der Waals surface area contributed by atoms with Crippen LogP contribution < -0.4 is 4.74 Å². The summed E-state index contributed by atoms with van der Waals surface area (Å²) in [5.41, 5.74) is 0.0253. The Kier molecular flexibility index (Phi) is 4.70. The zero-order valence-electron chi connectivity index (χ0n) is 8.94. The van der Waals surface area contributed by atoms with E-state index in [1.54, 1.807) is 14.0 Å². The Morgan fingerprint density at radius 3 is 2.94 bits per heavy atom. The molecule has 1 rings (SSSR count). The number of ether oxygens (including phenoxy) is 2. The Morgan fingerprint density at radius 2 is 2.38 bits per heavy atom. The number of carbonyl (C=O) groups is 1. The highest BCUT2D eigenvalue weighted by molar-refractivity contribution is 9.10. The van der Waals surface area contributed by atoms with Crippen molar-refractivity contribution >= 4 is 21.9 Å². The van der Waals surface area contributed by atoms with E-state index in [0.29, 0.717) is 11.1 Å². The van der Waals surface area contributed by atoms with Gasteiger partial charge in [-0.1, -0.05) is 0 Å². The molecule has 88 valence electrons. The van der Waals surface area contributed by atoms with Crippen LogP contribution in [0.2, 0.25) is 0 Å². The smallest absolute Gasteiger partial charge is 0.341 e. The van der Waals surface area contributed by atoms with Crippen LogP contribution in [0.25, 0.3) is 0 Å². The molecular formula is C10H12BrNO4. The lowest BCUT2D eigenvalue weighted by Crippen LogP contribution is -2.20. The summed E-state index contributed by atoms with van der Waals surface area (Å²) in [5.74, 6) is -0.978. The topological polar surface area (TPSA) is 68.7 Å². The number of halogens is 1. The number of hydrogen-bond acceptors (Lipinski definition) is 4. The van der Waals surface area contributed by atoms with E-state index in [-0.39, 0.29) is 17.5 Å². The minimum absolute atomic E-state index is 0.0253. The first-order chi connectivity index (χ1) is 7.54. The Morgan fingerprint density at radius 1 is 1.69 bits per heavy atom. The summed E-state index contributed by atoms with van der Waals surface area (Å²) < 4.78 is 10.8. The largest absolute Gasteiger partial charge is 0.477 e. The average Bonchev–Trinajstić information content (AvgIpc) is 2.20. The molecule has 1 aromatic heterocycles. The lowest BCUT2D eigenvalue weighted by Gasteiger charge is -2.14. The summed E-state index contributed by atoms with van der Waals surface area (Å²) in [6.07, 6.45) is 1.23. The maximum atomic E-state index is 10.9. The third-order valence-corrected chi connectivity index (χ3v) is 2.20. The molecule has 0 fully saturated rings. The molecule has 6 heteroatoms. The normalized spacial score (nSPS) is 12.2. The van der Waals surface area contributed by atoms with Gasteiger partial charge in [0, 0.05) is 17.8 Å². The molecule has 0 spiro atoms. The fourth-order valence-corrected chi connectivity index (χ4v) is 1.46. The van der Waals surface area contributed by atoms with Crippen LogP contribution in [0.4, 0.5) is 0 Å². The Balaban J connectivity index is 2.90. The van der Waals surface area contributed by atoms with E-state index in [1.165, 1.54) is 12.3 Å². The molecule has 1 aromatic rings. The monoisotopic (exact) mass is 289 g/mol. The van der Waals surface area contributed by atoms with Gasteiger partial charge in [-0.15, -0.1) is 0 Å². The van der Waals surface area contributed by atoms with Crippen molar-refractivity contribution < 1.29 is 19.4 Å². The van der Waals surface area contributed by atoms with Gasteiger partial charge in [-0.25, -0.2) is 9.78 Å². The molecule has 0 bridgehead atoms. The predicted octanol–water partition coefficient (Wildman–Crippen LogP) is 1.96. The van der Waals surface area contributed by atoms with Crippen LogP contribution in [0.15, 0.2) is 16.7 Å². The fourth-order valence-electron chi connectivity index (χ4n) is 1.13. The summed E-state index contributed by atoms with van der Waals surface area (Å²) in [6.45, 7) is 2.15. The second-order valence-electron chi connectivity index (χ2n) is 3.20. The number of rotatable bonds is 5. The van der Waals surface area contributed by atoms with Crippen LogP contribution in [-0.2, 0) is 4.74 Å². The van der Waals surface area contributed by atoms with Crippen LogP contribution in [0.3, 0.4) is 0 Å². The van der Waals surface area contributed by atoms with Gasteiger partial charge in [0.1, 0.15) is 11.7 Å². The maximum Gasteiger partial charge on any atom is 0.341 e. The summed E-state index contributed by atoms with van der Waals surface area (Å²) in [6, 6.07) is 1.45. The summed E-state index contributed by atoms with van der Waals surface area (Å²) >= 11 is 3.16. The van der Waals surface area contributed by atoms with Crippen LogP contribution >= 0.6 is 15.9 Å². The first kappa shape index (κ1) is 12.9. The number of nitrogens with zero attached hydrogens (tertiary/aromatic N) is 1. The highest BCUT2D eigenvalue weighted by Gasteiger charge is 2.15. The highest BCUT2D eigenvalue weighted by atomic mass is 79.9. The molecule has 0 aliphatic rings. The molecule has 0 saturated heterocycles. The second kappa shape index (κ2) is 5.81. The minimum atomic E-state index is -1.08. The highest BCUT2D eigenvalue weighted by Crippen LogP contribution is 2.20. The zero-order valence-corrected chi connectivity index (χ0v) is 10.5. The molecule has 0 amide bonds. The fraction of sp³-hybridized carbons (Fsp3) is 0.400. The van der Waals surface area contributed by atoms with Gasteiger partial charge in [0.2, 0.25) is 5.88 Å². The molecule has 0 aliphatic carbocycles. The van der Waals surface area contributed by atoms with Crippen molar-refractivity contribution in [1.82, 2.24) is 4.98 Å². The third kappa shape index (κ3) is 3.46. The molecule has 0 aromatic carbocycles. The number of aromatic nitrogens is 1. The van der Waals surface area contributed by atoms with Crippen molar-refractivity contribution in [3.63, 3.8) is 0 Å².